The molecular formula is C18H24N2O4S. The van der Waals surface area contributed by atoms with Crippen LogP contribution < -0.4 is 15.2 Å². The van der Waals surface area contributed by atoms with Crippen LogP contribution in [-0.2, 0) is 23.1 Å². The molecule has 0 aromatic heterocycles. The molecule has 25 heavy (non-hydrogen) atoms. The number of nitrogens with zero attached hydrogens (tertiary/aromatic N) is 1. The second-order valence-electron chi connectivity index (χ2n) is 5.71. The van der Waals surface area contributed by atoms with Gasteiger partial charge in [-0.2, -0.15) is 4.31 Å². The van der Waals surface area contributed by atoms with Gasteiger partial charge in [0.05, 0.1) is 14.2 Å². The molecule has 0 aliphatic heterocycles. The summed E-state index contributed by atoms with van der Waals surface area (Å²) in [7, 11) is -0.440. The lowest BCUT2D eigenvalue weighted by Crippen LogP contribution is -2.40. The van der Waals surface area contributed by atoms with Gasteiger partial charge in [0.25, 0.3) is 0 Å². The zero-order valence-electron chi connectivity index (χ0n) is 14.7. The molecular weight excluding hydrogens is 340 g/mol. The van der Waals surface area contributed by atoms with Gasteiger partial charge >= 0.3 is 0 Å². The van der Waals surface area contributed by atoms with Crippen molar-refractivity contribution in [2.75, 3.05) is 14.2 Å². The summed E-state index contributed by atoms with van der Waals surface area (Å²) < 4.78 is 36.9. The zero-order chi connectivity index (χ0) is 18.4. The van der Waals surface area contributed by atoms with Crippen molar-refractivity contribution in [3.8, 4) is 11.5 Å². The zero-order valence-corrected chi connectivity index (χ0v) is 15.5. The highest BCUT2D eigenvalue weighted by atomic mass is 32.2. The van der Waals surface area contributed by atoms with Crippen LogP contribution in [0.25, 0.3) is 0 Å². The van der Waals surface area contributed by atoms with Gasteiger partial charge in [0.15, 0.2) is 0 Å². The maximum Gasteiger partial charge on any atom is 0.230 e. The third-order valence-corrected chi connectivity index (χ3v) is 5.78. The number of rotatable bonds is 8. The number of hydrogen-bond acceptors (Lipinski definition) is 5. The maximum atomic E-state index is 12.6. The Balaban J connectivity index is 2.25. The van der Waals surface area contributed by atoms with E-state index in [1.807, 2.05) is 24.3 Å². The Bertz CT molecular complexity index is 722. The predicted molar refractivity (Wildman–Crippen MR) is 97.8 cm³/mol. The van der Waals surface area contributed by atoms with Crippen LogP contribution in [0.1, 0.15) is 18.1 Å². The molecule has 1 unspecified atom stereocenters. The van der Waals surface area contributed by atoms with Crippen molar-refractivity contribution in [2.24, 2.45) is 5.73 Å². The molecule has 0 saturated heterocycles. The lowest BCUT2D eigenvalue weighted by atomic mass is 10.2. The summed E-state index contributed by atoms with van der Waals surface area (Å²) in [5.41, 5.74) is 7.42. The van der Waals surface area contributed by atoms with Crippen molar-refractivity contribution in [3.63, 3.8) is 0 Å². The molecule has 0 aliphatic rings. The minimum absolute atomic E-state index is 0.236. The van der Waals surface area contributed by atoms with Crippen LogP contribution in [0.3, 0.4) is 0 Å². The fourth-order valence-corrected chi connectivity index (χ4v) is 3.47. The van der Waals surface area contributed by atoms with Gasteiger partial charge in [0.2, 0.25) is 10.0 Å². The topological polar surface area (TPSA) is 81.9 Å². The first kappa shape index (κ1) is 19.2. The van der Waals surface area contributed by atoms with Crippen LogP contribution in [0, 0.1) is 0 Å². The Morgan fingerprint density at radius 3 is 1.52 bits per heavy atom. The Hall–Kier alpha value is -2.09. The highest BCUT2D eigenvalue weighted by Crippen LogP contribution is 2.20. The monoisotopic (exact) mass is 364 g/mol. The van der Waals surface area contributed by atoms with Crippen LogP contribution in [0.15, 0.2) is 48.5 Å². The first-order valence-electron chi connectivity index (χ1n) is 7.87. The highest BCUT2D eigenvalue weighted by molar-refractivity contribution is 7.89. The van der Waals surface area contributed by atoms with E-state index in [9.17, 15) is 8.42 Å². The summed E-state index contributed by atoms with van der Waals surface area (Å²) in [5.74, 6) is 1.45. The van der Waals surface area contributed by atoms with E-state index < -0.39 is 15.4 Å². The van der Waals surface area contributed by atoms with Gasteiger partial charge in [-0.3, -0.25) is 0 Å². The number of sulfonamides is 1. The average molecular weight is 364 g/mol. The summed E-state index contributed by atoms with van der Waals surface area (Å²) >= 11 is 0. The second kappa shape index (κ2) is 8.33. The van der Waals surface area contributed by atoms with Gasteiger partial charge in [-0.05, 0) is 42.3 Å². The maximum absolute atomic E-state index is 12.6. The van der Waals surface area contributed by atoms with Gasteiger partial charge in [-0.15, -0.1) is 0 Å². The summed E-state index contributed by atoms with van der Waals surface area (Å²) in [6.45, 7) is 1.95. The minimum atomic E-state index is -3.62. The first-order chi connectivity index (χ1) is 11.9. The molecule has 136 valence electrons. The van der Waals surface area contributed by atoms with E-state index in [4.69, 9.17) is 15.2 Å². The quantitative estimate of drug-likeness (QED) is 0.777. The first-order valence-corrected chi connectivity index (χ1v) is 9.37. The summed E-state index contributed by atoms with van der Waals surface area (Å²) in [5, 5.41) is -0.982. The SMILES string of the molecule is COc1ccc(CN(Cc2ccc(OC)cc2)S(=O)(=O)C(C)N)cc1. The number of methoxy groups -OCH3 is 2. The van der Waals surface area contributed by atoms with Gasteiger partial charge in [-0.25, -0.2) is 8.42 Å². The Morgan fingerprint density at radius 2 is 1.24 bits per heavy atom. The molecule has 1 atom stereocenters. The van der Waals surface area contributed by atoms with Crippen LogP contribution >= 0.6 is 0 Å². The molecule has 0 aliphatic carbocycles. The molecule has 6 nitrogen and oxygen atoms in total. The normalized spacial score (nSPS) is 12.8. The number of hydrogen-bond donors (Lipinski definition) is 1. The molecule has 2 N–H and O–H groups in total. The predicted octanol–water partition coefficient (Wildman–Crippen LogP) is 2.34. The third kappa shape index (κ3) is 4.94. The molecule has 0 amide bonds. The van der Waals surface area contributed by atoms with Crippen LogP contribution in [0.2, 0.25) is 0 Å². The van der Waals surface area contributed by atoms with Crippen molar-refractivity contribution < 1.29 is 17.9 Å². The van der Waals surface area contributed by atoms with Gasteiger partial charge in [-0.1, -0.05) is 24.3 Å². The van der Waals surface area contributed by atoms with Gasteiger partial charge in [0.1, 0.15) is 16.9 Å². The lowest BCUT2D eigenvalue weighted by Gasteiger charge is -2.24. The Kier molecular flexibility index (Phi) is 6.41. The van der Waals surface area contributed by atoms with Gasteiger partial charge < -0.3 is 15.2 Å². The van der Waals surface area contributed by atoms with Crippen molar-refractivity contribution in [1.82, 2.24) is 4.31 Å². The standard InChI is InChI=1S/C18H24N2O4S/c1-14(19)25(21,22)20(12-15-4-8-17(23-2)9-5-15)13-16-6-10-18(24-3)11-7-16/h4-11,14H,12-13,19H2,1-3H3. The number of nitrogens with two attached hydrogens (primary N) is 1. The van der Waals surface area contributed by atoms with Crippen molar-refractivity contribution in [3.05, 3.63) is 59.7 Å². The van der Waals surface area contributed by atoms with E-state index in [1.54, 1.807) is 38.5 Å². The van der Waals surface area contributed by atoms with E-state index in [0.29, 0.717) is 0 Å². The smallest absolute Gasteiger partial charge is 0.230 e. The van der Waals surface area contributed by atoms with Crippen molar-refractivity contribution in [1.29, 1.82) is 0 Å². The van der Waals surface area contributed by atoms with Gasteiger partial charge in [0, 0.05) is 13.1 Å². The molecule has 0 saturated carbocycles. The number of ether oxygens (including phenoxy) is 2. The van der Waals surface area contributed by atoms with Crippen LogP contribution in [-0.4, -0.2) is 32.3 Å². The molecule has 0 radical (unpaired) electrons. The van der Waals surface area contributed by atoms with Crippen molar-refractivity contribution in [2.45, 2.75) is 25.4 Å². The average Bonchev–Trinajstić information content (AvgIpc) is 2.62. The molecule has 0 bridgehead atoms. The lowest BCUT2D eigenvalue weighted by molar-refractivity contribution is 0.392. The Morgan fingerprint density at radius 1 is 0.880 bits per heavy atom. The van der Waals surface area contributed by atoms with E-state index in [-0.39, 0.29) is 13.1 Å². The van der Waals surface area contributed by atoms with Crippen LogP contribution in [0.4, 0.5) is 0 Å². The molecule has 0 heterocycles. The van der Waals surface area contributed by atoms with E-state index in [0.717, 1.165) is 22.6 Å². The highest BCUT2D eigenvalue weighted by Gasteiger charge is 2.26. The summed E-state index contributed by atoms with van der Waals surface area (Å²) in [4.78, 5) is 0. The fraction of sp³-hybridized carbons (Fsp3) is 0.333. The molecule has 0 spiro atoms. The largest absolute Gasteiger partial charge is 0.497 e. The second-order valence-corrected chi connectivity index (χ2v) is 8.00. The van der Waals surface area contributed by atoms with Crippen LogP contribution in [0.5, 0.6) is 11.5 Å². The summed E-state index contributed by atoms with van der Waals surface area (Å²) in [6.07, 6.45) is 0. The van der Waals surface area contributed by atoms with Crippen molar-refractivity contribution >= 4 is 10.0 Å². The Labute approximate surface area is 149 Å². The molecule has 2 aromatic rings. The fourth-order valence-electron chi connectivity index (χ4n) is 2.34. The molecule has 0 fully saturated rings. The van der Waals surface area contributed by atoms with E-state index >= 15 is 0 Å². The van der Waals surface area contributed by atoms with E-state index in [1.165, 1.54) is 11.2 Å². The summed E-state index contributed by atoms with van der Waals surface area (Å²) in [6, 6.07) is 14.6. The molecule has 2 aromatic carbocycles. The molecule has 2 rings (SSSR count). The van der Waals surface area contributed by atoms with E-state index in [2.05, 4.69) is 0 Å². The minimum Gasteiger partial charge on any atom is -0.497 e. The molecule has 7 heteroatoms. The third-order valence-electron chi connectivity index (χ3n) is 3.87. The number of benzene rings is 2.